The van der Waals surface area contributed by atoms with Gasteiger partial charge in [0.2, 0.25) is 0 Å². The van der Waals surface area contributed by atoms with Gasteiger partial charge in [-0.25, -0.2) is 4.39 Å². The Morgan fingerprint density at radius 2 is 2.00 bits per heavy atom. The summed E-state index contributed by atoms with van der Waals surface area (Å²) in [6, 6.07) is 3.58. The van der Waals surface area contributed by atoms with Gasteiger partial charge in [0, 0.05) is 24.8 Å². The molecular formula is C14H18F4N2. The molecule has 0 spiro atoms. The quantitative estimate of drug-likeness (QED) is 0.841. The molecule has 0 amide bonds. The highest BCUT2D eigenvalue weighted by atomic mass is 19.4. The van der Waals surface area contributed by atoms with E-state index in [0.29, 0.717) is 30.7 Å². The Morgan fingerprint density at radius 3 is 2.55 bits per heavy atom. The number of benzene rings is 1. The zero-order valence-electron chi connectivity index (χ0n) is 11.5. The molecule has 20 heavy (non-hydrogen) atoms. The largest absolute Gasteiger partial charge is 0.419 e. The Hall–Kier alpha value is -1.30. The molecule has 1 saturated heterocycles. The number of piperidine rings is 1. The topological polar surface area (TPSA) is 15.3 Å². The zero-order valence-corrected chi connectivity index (χ0v) is 11.5. The van der Waals surface area contributed by atoms with E-state index < -0.39 is 17.6 Å². The summed E-state index contributed by atoms with van der Waals surface area (Å²) in [5.41, 5.74) is -0.765. The zero-order chi connectivity index (χ0) is 14.9. The Balaban J connectivity index is 2.22. The number of anilines is 1. The number of rotatable bonds is 2. The van der Waals surface area contributed by atoms with Crippen molar-refractivity contribution in [1.82, 2.24) is 5.32 Å². The molecule has 0 saturated carbocycles. The molecule has 0 aliphatic carbocycles. The second-order valence-corrected chi connectivity index (χ2v) is 5.27. The van der Waals surface area contributed by atoms with Crippen LogP contribution in [0.5, 0.6) is 0 Å². The molecule has 2 unspecified atom stereocenters. The Morgan fingerprint density at radius 1 is 1.30 bits per heavy atom. The first-order valence-corrected chi connectivity index (χ1v) is 6.62. The predicted molar refractivity (Wildman–Crippen MR) is 70.2 cm³/mol. The van der Waals surface area contributed by atoms with Gasteiger partial charge < -0.3 is 10.2 Å². The van der Waals surface area contributed by atoms with Gasteiger partial charge in [-0.05, 0) is 37.6 Å². The van der Waals surface area contributed by atoms with Gasteiger partial charge in [-0.15, -0.1) is 0 Å². The third-order valence-corrected chi connectivity index (χ3v) is 3.90. The van der Waals surface area contributed by atoms with Gasteiger partial charge >= 0.3 is 6.18 Å². The van der Waals surface area contributed by atoms with E-state index in [1.165, 1.54) is 6.07 Å². The number of alkyl halides is 3. The van der Waals surface area contributed by atoms with Crippen molar-refractivity contribution in [2.24, 2.45) is 5.92 Å². The lowest BCUT2D eigenvalue weighted by atomic mass is 9.93. The third kappa shape index (κ3) is 3.06. The molecule has 2 atom stereocenters. The number of nitrogens with one attached hydrogen (secondary N) is 1. The molecule has 1 aliphatic heterocycles. The lowest BCUT2D eigenvalue weighted by Crippen LogP contribution is -2.47. The van der Waals surface area contributed by atoms with Crippen molar-refractivity contribution < 1.29 is 17.6 Å². The maximum Gasteiger partial charge on any atom is 0.419 e. The minimum atomic E-state index is -4.66. The van der Waals surface area contributed by atoms with Gasteiger partial charge in [0.05, 0.1) is 5.56 Å². The first-order chi connectivity index (χ1) is 9.32. The average Bonchev–Trinajstić information content (AvgIpc) is 2.37. The Labute approximate surface area is 115 Å². The van der Waals surface area contributed by atoms with Crippen LogP contribution >= 0.6 is 0 Å². The van der Waals surface area contributed by atoms with Crippen LogP contribution in [-0.2, 0) is 6.18 Å². The summed E-state index contributed by atoms with van der Waals surface area (Å²) in [7, 11) is 1.89. The maximum atomic E-state index is 13.3. The first-order valence-electron chi connectivity index (χ1n) is 6.62. The summed E-state index contributed by atoms with van der Waals surface area (Å²) in [5.74, 6) is -0.896. The van der Waals surface area contributed by atoms with E-state index in [1.54, 1.807) is 0 Å². The van der Waals surface area contributed by atoms with Crippen LogP contribution in [0.4, 0.5) is 23.2 Å². The molecule has 1 N–H and O–H groups in total. The van der Waals surface area contributed by atoms with E-state index in [-0.39, 0.29) is 0 Å². The molecular weight excluding hydrogens is 272 g/mol. The van der Waals surface area contributed by atoms with E-state index in [4.69, 9.17) is 0 Å². The molecule has 112 valence electrons. The van der Waals surface area contributed by atoms with Crippen LogP contribution in [0.2, 0.25) is 0 Å². The van der Waals surface area contributed by atoms with Gasteiger partial charge in [-0.2, -0.15) is 13.2 Å². The van der Waals surface area contributed by atoms with Gasteiger partial charge in [0.1, 0.15) is 5.82 Å². The summed E-state index contributed by atoms with van der Waals surface area (Å²) in [6.45, 7) is 3.38. The summed E-state index contributed by atoms with van der Waals surface area (Å²) in [4.78, 5) is 1.88. The Kier molecular flexibility index (Phi) is 4.22. The van der Waals surface area contributed by atoms with Gasteiger partial charge in [-0.3, -0.25) is 0 Å². The van der Waals surface area contributed by atoms with Crippen LogP contribution in [0.25, 0.3) is 0 Å². The fourth-order valence-corrected chi connectivity index (χ4v) is 2.74. The van der Waals surface area contributed by atoms with E-state index in [9.17, 15) is 17.6 Å². The molecule has 1 fully saturated rings. The molecule has 1 aromatic rings. The van der Waals surface area contributed by atoms with Crippen molar-refractivity contribution in [3.8, 4) is 0 Å². The summed E-state index contributed by atoms with van der Waals surface area (Å²) in [5, 5.41) is 3.20. The fourth-order valence-electron chi connectivity index (χ4n) is 2.74. The minimum Gasteiger partial charge on any atom is -0.371 e. The molecule has 1 aliphatic rings. The van der Waals surface area contributed by atoms with Crippen LogP contribution < -0.4 is 10.2 Å². The molecule has 0 bridgehead atoms. The molecule has 6 heteroatoms. The molecule has 0 aromatic heterocycles. The first kappa shape index (κ1) is 15.1. The monoisotopic (exact) mass is 290 g/mol. The highest BCUT2D eigenvalue weighted by Gasteiger charge is 2.35. The van der Waals surface area contributed by atoms with Crippen LogP contribution in [0.15, 0.2) is 18.2 Å². The van der Waals surface area contributed by atoms with Gasteiger partial charge in [-0.1, -0.05) is 6.92 Å². The van der Waals surface area contributed by atoms with Crippen molar-refractivity contribution in [2.75, 3.05) is 25.0 Å². The summed E-state index contributed by atoms with van der Waals surface area (Å²) < 4.78 is 51.4. The minimum absolute atomic E-state index is 0.327. The average molecular weight is 290 g/mol. The van der Waals surface area contributed by atoms with Crippen molar-refractivity contribution in [3.63, 3.8) is 0 Å². The molecule has 2 nitrogen and oxygen atoms in total. The van der Waals surface area contributed by atoms with Crippen LogP contribution in [0.3, 0.4) is 0 Å². The normalized spacial score (nSPS) is 24.0. The van der Waals surface area contributed by atoms with Gasteiger partial charge in [0.25, 0.3) is 0 Å². The molecule has 1 aromatic carbocycles. The van der Waals surface area contributed by atoms with Crippen LogP contribution in [0.1, 0.15) is 18.9 Å². The van der Waals surface area contributed by atoms with Gasteiger partial charge in [0.15, 0.2) is 0 Å². The third-order valence-electron chi connectivity index (χ3n) is 3.90. The van der Waals surface area contributed by atoms with E-state index in [2.05, 4.69) is 12.2 Å². The van der Waals surface area contributed by atoms with Crippen molar-refractivity contribution >= 4 is 5.69 Å². The summed E-state index contributed by atoms with van der Waals surface area (Å²) >= 11 is 0. The lowest BCUT2D eigenvalue weighted by Gasteiger charge is -2.38. The van der Waals surface area contributed by atoms with Crippen LogP contribution in [-0.4, -0.2) is 26.2 Å². The fraction of sp³-hybridized carbons (Fsp3) is 0.571. The number of halogens is 4. The number of hydrogen-bond donors (Lipinski definition) is 1. The number of nitrogens with zero attached hydrogens (tertiary/aromatic N) is 1. The SMILES string of the molecule is CNC1CCN(c2ccc(F)c(C(F)(F)F)c2)CC1C. The van der Waals surface area contributed by atoms with E-state index in [1.807, 2.05) is 11.9 Å². The molecule has 0 radical (unpaired) electrons. The van der Waals surface area contributed by atoms with Crippen LogP contribution in [0, 0.1) is 11.7 Å². The lowest BCUT2D eigenvalue weighted by molar-refractivity contribution is -0.139. The highest BCUT2D eigenvalue weighted by molar-refractivity contribution is 5.50. The standard InChI is InChI=1S/C14H18F4N2/c1-9-8-20(6-5-13(9)19-2)10-3-4-12(15)11(7-10)14(16,17)18/h3-4,7,9,13,19H,5-6,8H2,1-2H3. The molecule has 2 rings (SSSR count). The second-order valence-electron chi connectivity index (χ2n) is 5.27. The Bertz CT molecular complexity index is 473. The van der Waals surface area contributed by atoms with Crippen molar-refractivity contribution in [3.05, 3.63) is 29.6 Å². The highest BCUT2D eigenvalue weighted by Crippen LogP contribution is 2.34. The molecule has 1 heterocycles. The predicted octanol–water partition coefficient (Wildman–Crippen LogP) is 3.28. The summed E-state index contributed by atoms with van der Waals surface area (Å²) in [6.07, 6.45) is -3.80. The second kappa shape index (κ2) is 5.60. The van der Waals surface area contributed by atoms with E-state index in [0.717, 1.165) is 18.6 Å². The number of hydrogen-bond acceptors (Lipinski definition) is 2. The smallest absolute Gasteiger partial charge is 0.371 e. The van der Waals surface area contributed by atoms with E-state index >= 15 is 0 Å². The maximum absolute atomic E-state index is 13.3. The van der Waals surface area contributed by atoms with Crippen molar-refractivity contribution in [2.45, 2.75) is 25.6 Å². The van der Waals surface area contributed by atoms with Crippen molar-refractivity contribution in [1.29, 1.82) is 0 Å².